The molecule has 2 rings (SSSR count). The topological polar surface area (TPSA) is 12.0 Å². The molecule has 1 nitrogen and oxygen atoms in total. The van der Waals surface area contributed by atoms with E-state index < -0.39 is 0 Å². The van der Waals surface area contributed by atoms with E-state index in [4.69, 9.17) is 0 Å². The molecule has 4 unspecified atom stereocenters. The molecule has 0 aromatic carbocycles. The molecule has 4 atom stereocenters. The zero-order chi connectivity index (χ0) is 13.0. The van der Waals surface area contributed by atoms with Crippen LogP contribution >= 0.6 is 23.5 Å². The molecule has 106 valence electrons. The lowest BCUT2D eigenvalue weighted by molar-refractivity contribution is 0.270. The SMILES string of the molecule is CCNC(C1CCCCC1)C1CSC(C)C(C)S1. The fourth-order valence-corrected chi connectivity index (χ4v) is 6.54. The average molecular weight is 288 g/mol. The summed E-state index contributed by atoms with van der Waals surface area (Å²) in [7, 11) is 0. The van der Waals surface area contributed by atoms with E-state index in [1.807, 2.05) is 0 Å². The van der Waals surface area contributed by atoms with Gasteiger partial charge in [-0.3, -0.25) is 0 Å². The zero-order valence-electron chi connectivity index (χ0n) is 12.2. The van der Waals surface area contributed by atoms with Gasteiger partial charge in [-0.15, -0.1) is 0 Å². The Hall–Kier alpha value is 0.660. The summed E-state index contributed by atoms with van der Waals surface area (Å²) in [5.41, 5.74) is 0. The third-order valence-electron chi connectivity index (χ3n) is 4.57. The summed E-state index contributed by atoms with van der Waals surface area (Å²) in [6, 6.07) is 0.766. The van der Waals surface area contributed by atoms with Crippen molar-refractivity contribution in [3.8, 4) is 0 Å². The molecular weight excluding hydrogens is 258 g/mol. The van der Waals surface area contributed by atoms with Crippen LogP contribution in [0.25, 0.3) is 0 Å². The van der Waals surface area contributed by atoms with Gasteiger partial charge in [-0.1, -0.05) is 40.0 Å². The van der Waals surface area contributed by atoms with Gasteiger partial charge in [0, 0.05) is 27.5 Å². The van der Waals surface area contributed by atoms with Crippen molar-refractivity contribution in [3.05, 3.63) is 0 Å². The highest BCUT2D eigenvalue weighted by atomic mass is 32.2. The minimum atomic E-state index is 0.766. The Morgan fingerprint density at radius 1 is 1.11 bits per heavy atom. The number of hydrogen-bond donors (Lipinski definition) is 1. The van der Waals surface area contributed by atoms with Gasteiger partial charge in [-0.25, -0.2) is 0 Å². The number of hydrogen-bond acceptors (Lipinski definition) is 3. The molecule has 0 bridgehead atoms. The highest BCUT2D eigenvalue weighted by molar-refractivity contribution is 8.07. The third kappa shape index (κ3) is 3.83. The van der Waals surface area contributed by atoms with Gasteiger partial charge in [0.2, 0.25) is 0 Å². The Morgan fingerprint density at radius 2 is 1.83 bits per heavy atom. The Morgan fingerprint density at radius 3 is 2.44 bits per heavy atom. The maximum atomic E-state index is 3.82. The lowest BCUT2D eigenvalue weighted by Crippen LogP contribution is -2.48. The van der Waals surface area contributed by atoms with E-state index >= 15 is 0 Å². The predicted octanol–water partition coefficient (Wildman–Crippen LogP) is 4.17. The molecule has 18 heavy (non-hydrogen) atoms. The summed E-state index contributed by atoms with van der Waals surface area (Å²) in [6.07, 6.45) is 7.31. The molecule has 0 aromatic heterocycles. The normalized spacial score (nSPS) is 36.5. The van der Waals surface area contributed by atoms with Crippen LogP contribution in [0.15, 0.2) is 0 Å². The maximum Gasteiger partial charge on any atom is 0.0297 e. The Labute approximate surface area is 122 Å². The summed E-state index contributed by atoms with van der Waals surface area (Å²) < 4.78 is 0. The van der Waals surface area contributed by atoms with Crippen LogP contribution < -0.4 is 5.32 Å². The van der Waals surface area contributed by atoms with Gasteiger partial charge in [0.25, 0.3) is 0 Å². The van der Waals surface area contributed by atoms with Crippen LogP contribution in [0.3, 0.4) is 0 Å². The summed E-state index contributed by atoms with van der Waals surface area (Å²) in [5, 5.41) is 6.31. The minimum absolute atomic E-state index is 0.766. The molecule has 1 saturated heterocycles. The van der Waals surface area contributed by atoms with Crippen molar-refractivity contribution in [3.63, 3.8) is 0 Å². The van der Waals surface area contributed by atoms with E-state index in [-0.39, 0.29) is 0 Å². The summed E-state index contributed by atoms with van der Waals surface area (Å²) in [6.45, 7) is 8.20. The molecule has 0 amide bonds. The van der Waals surface area contributed by atoms with Crippen molar-refractivity contribution in [1.29, 1.82) is 0 Å². The van der Waals surface area contributed by atoms with Crippen molar-refractivity contribution in [2.24, 2.45) is 5.92 Å². The van der Waals surface area contributed by atoms with Crippen LogP contribution in [-0.2, 0) is 0 Å². The van der Waals surface area contributed by atoms with Crippen molar-refractivity contribution >= 4 is 23.5 Å². The van der Waals surface area contributed by atoms with Crippen molar-refractivity contribution in [1.82, 2.24) is 5.32 Å². The molecule has 0 spiro atoms. The van der Waals surface area contributed by atoms with E-state index in [9.17, 15) is 0 Å². The largest absolute Gasteiger partial charge is 0.313 e. The van der Waals surface area contributed by atoms with E-state index in [2.05, 4.69) is 49.6 Å². The molecule has 1 N–H and O–H groups in total. The first kappa shape index (κ1) is 15.1. The van der Waals surface area contributed by atoms with Crippen molar-refractivity contribution in [2.45, 2.75) is 74.7 Å². The van der Waals surface area contributed by atoms with Gasteiger partial charge in [-0.2, -0.15) is 23.5 Å². The van der Waals surface area contributed by atoms with Gasteiger partial charge >= 0.3 is 0 Å². The van der Waals surface area contributed by atoms with Gasteiger partial charge in [0.15, 0.2) is 0 Å². The van der Waals surface area contributed by atoms with Crippen molar-refractivity contribution in [2.75, 3.05) is 12.3 Å². The zero-order valence-corrected chi connectivity index (χ0v) is 13.8. The van der Waals surface area contributed by atoms with Crippen LogP contribution in [0, 0.1) is 5.92 Å². The molecule has 0 radical (unpaired) electrons. The highest BCUT2D eigenvalue weighted by Crippen LogP contribution is 2.40. The van der Waals surface area contributed by atoms with E-state index in [0.29, 0.717) is 0 Å². The molecule has 2 aliphatic rings. The average Bonchev–Trinajstić information content (AvgIpc) is 2.40. The Bertz CT molecular complexity index is 241. The van der Waals surface area contributed by atoms with Crippen LogP contribution in [0.5, 0.6) is 0 Å². The van der Waals surface area contributed by atoms with Crippen molar-refractivity contribution < 1.29 is 0 Å². The molecule has 1 aliphatic carbocycles. The summed E-state index contributed by atoms with van der Waals surface area (Å²) in [4.78, 5) is 0. The van der Waals surface area contributed by atoms with Crippen LogP contribution in [0.4, 0.5) is 0 Å². The first-order chi connectivity index (χ1) is 8.72. The second kappa shape index (κ2) is 7.44. The van der Waals surface area contributed by atoms with Gasteiger partial charge in [0.05, 0.1) is 0 Å². The molecule has 0 aromatic rings. The number of thioether (sulfide) groups is 2. The van der Waals surface area contributed by atoms with Crippen LogP contribution in [0.2, 0.25) is 0 Å². The fourth-order valence-electron chi connectivity index (χ4n) is 3.33. The van der Waals surface area contributed by atoms with Gasteiger partial charge in [-0.05, 0) is 25.3 Å². The van der Waals surface area contributed by atoms with Gasteiger partial charge < -0.3 is 5.32 Å². The number of nitrogens with one attached hydrogen (secondary N) is 1. The summed E-state index contributed by atoms with van der Waals surface area (Å²) in [5.74, 6) is 2.29. The molecule has 1 aliphatic heterocycles. The van der Waals surface area contributed by atoms with E-state index in [1.165, 1.54) is 37.9 Å². The predicted molar refractivity (Wildman–Crippen MR) is 86.8 cm³/mol. The lowest BCUT2D eigenvalue weighted by atomic mass is 9.82. The molecule has 1 saturated carbocycles. The van der Waals surface area contributed by atoms with E-state index in [1.54, 1.807) is 0 Å². The summed E-state index contributed by atoms with van der Waals surface area (Å²) >= 11 is 4.44. The monoisotopic (exact) mass is 287 g/mol. The Balaban J connectivity index is 1.95. The van der Waals surface area contributed by atoms with E-state index in [0.717, 1.165) is 34.3 Å². The highest BCUT2D eigenvalue weighted by Gasteiger charge is 2.35. The Kier molecular flexibility index (Phi) is 6.23. The standard InChI is InChI=1S/C15H29NS2/c1-4-16-15(13-8-6-5-7-9-13)14-10-17-11(2)12(3)18-14/h11-16H,4-10H2,1-3H3. The molecular formula is C15H29NS2. The second-order valence-electron chi connectivity index (χ2n) is 5.90. The first-order valence-corrected chi connectivity index (χ1v) is 9.72. The van der Waals surface area contributed by atoms with Crippen LogP contribution in [0.1, 0.15) is 52.9 Å². The quantitative estimate of drug-likeness (QED) is 0.833. The molecule has 2 fully saturated rings. The second-order valence-corrected chi connectivity index (χ2v) is 8.93. The maximum absolute atomic E-state index is 3.82. The molecule has 3 heteroatoms. The smallest absolute Gasteiger partial charge is 0.0297 e. The minimum Gasteiger partial charge on any atom is -0.313 e. The fraction of sp³-hybridized carbons (Fsp3) is 1.00. The van der Waals surface area contributed by atoms with Crippen LogP contribution in [-0.4, -0.2) is 34.1 Å². The molecule has 1 heterocycles. The third-order valence-corrected chi connectivity index (χ3v) is 8.09. The number of rotatable bonds is 4. The first-order valence-electron chi connectivity index (χ1n) is 7.72. The van der Waals surface area contributed by atoms with Gasteiger partial charge in [0.1, 0.15) is 0 Å². The lowest BCUT2D eigenvalue weighted by Gasteiger charge is -2.41.